The Kier molecular flexibility index (Phi) is 6.87. The highest BCUT2D eigenvalue weighted by molar-refractivity contribution is 6.30. The van der Waals surface area contributed by atoms with Gasteiger partial charge < -0.3 is 19.7 Å². The average molecular weight is 387 g/mol. The molecule has 27 heavy (non-hydrogen) atoms. The predicted octanol–water partition coefficient (Wildman–Crippen LogP) is 2.99. The Morgan fingerprint density at radius 1 is 1.19 bits per heavy atom. The van der Waals surface area contributed by atoms with Crippen molar-refractivity contribution < 1.29 is 4.52 Å². The van der Waals surface area contributed by atoms with Gasteiger partial charge >= 0.3 is 0 Å². The zero-order valence-corrected chi connectivity index (χ0v) is 16.0. The van der Waals surface area contributed by atoms with Crippen molar-refractivity contribution in [3.8, 4) is 11.4 Å². The standard InChI is InChI=1S/C19H23ClN6O/c1-2-21-19(23-11-14-26-12-3-4-13-26)22-10-9-17-24-18(25-27-17)15-5-7-16(20)8-6-15/h3-8,12-13H,2,9-11,14H2,1H3,(H2,21,22,23). The lowest BCUT2D eigenvalue weighted by atomic mass is 10.2. The fourth-order valence-corrected chi connectivity index (χ4v) is 2.63. The monoisotopic (exact) mass is 386 g/mol. The van der Waals surface area contributed by atoms with Gasteiger partial charge in [-0.05, 0) is 43.3 Å². The molecule has 1 aromatic carbocycles. The lowest BCUT2D eigenvalue weighted by Gasteiger charge is -2.11. The van der Waals surface area contributed by atoms with Gasteiger partial charge in [-0.15, -0.1) is 0 Å². The molecule has 0 aliphatic carbocycles. The number of benzene rings is 1. The van der Waals surface area contributed by atoms with Gasteiger partial charge in [0.2, 0.25) is 11.7 Å². The average Bonchev–Trinajstić information content (AvgIpc) is 3.34. The van der Waals surface area contributed by atoms with Crippen LogP contribution in [0.5, 0.6) is 0 Å². The van der Waals surface area contributed by atoms with Gasteiger partial charge in [0.25, 0.3) is 0 Å². The molecule has 2 aromatic heterocycles. The third-order valence-corrected chi connectivity index (χ3v) is 4.09. The number of nitrogens with one attached hydrogen (secondary N) is 2. The van der Waals surface area contributed by atoms with Crippen molar-refractivity contribution in [1.29, 1.82) is 0 Å². The van der Waals surface area contributed by atoms with Crippen LogP contribution >= 0.6 is 11.6 Å². The number of hydrogen-bond donors (Lipinski definition) is 2. The summed E-state index contributed by atoms with van der Waals surface area (Å²) in [5.41, 5.74) is 0.873. The summed E-state index contributed by atoms with van der Waals surface area (Å²) in [6.45, 7) is 5.07. The summed E-state index contributed by atoms with van der Waals surface area (Å²) in [6, 6.07) is 11.4. The first-order chi connectivity index (χ1) is 13.2. The maximum atomic E-state index is 5.90. The highest BCUT2D eigenvalue weighted by Gasteiger charge is 2.08. The van der Waals surface area contributed by atoms with Crippen LogP contribution in [0, 0.1) is 0 Å². The van der Waals surface area contributed by atoms with Crippen LogP contribution in [0.1, 0.15) is 12.8 Å². The lowest BCUT2D eigenvalue weighted by molar-refractivity contribution is 0.380. The molecule has 0 spiro atoms. The molecule has 0 fully saturated rings. The van der Waals surface area contributed by atoms with E-state index in [2.05, 4.69) is 30.3 Å². The van der Waals surface area contributed by atoms with E-state index in [1.165, 1.54) is 0 Å². The molecule has 0 aliphatic heterocycles. The topological polar surface area (TPSA) is 80.3 Å². The second kappa shape index (κ2) is 9.78. The highest BCUT2D eigenvalue weighted by atomic mass is 35.5. The Bertz CT molecular complexity index is 841. The molecule has 0 unspecified atom stereocenters. The molecule has 2 heterocycles. The second-order valence-corrected chi connectivity index (χ2v) is 6.31. The molecule has 3 rings (SSSR count). The number of guanidine groups is 1. The summed E-state index contributed by atoms with van der Waals surface area (Å²) in [4.78, 5) is 8.98. The Balaban J connectivity index is 1.50. The number of hydrogen-bond acceptors (Lipinski definition) is 4. The van der Waals surface area contributed by atoms with E-state index >= 15 is 0 Å². The molecule has 142 valence electrons. The van der Waals surface area contributed by atoms with Crippen LogP contribution in [-0.2, 0) is 13.0 Å². The number of nitrogens with zero attached hydrogens (tertiary/aromatic N) is 4. The molecule has 8 heteroatoms. The molecule has 0 saturated heterocycles. The van der Waals surface area contributed by atoms with Crippen LogP contribution in [0.25, 0.3) is 11.4 Å². The Hall–Kier alpha value is -2.80. The smallest absolute Gasteiger partial charge is 0.228 e. The maximum Gasteiger partial charge on any atom is 0.228 e. The normalized spacial score (nSPS) is 11.6. The molecule has 3 aromatic rings. The first-order valence-electron chi connectivity index (χ1n) is 8.96. The van der Waals surface area contributed by atoms with Crippen LogP contribution < -0.4 is 10.6 Å². The quantitative estimate of drug-likeness (QED) is 0.459. The van der Waals surface area contributed by atoms with E-state index in [-0.39, 0.29) is 0 Å². The van der Waals surface area contributed by atoms with E-state index in [0.717, 1.165) is 31.2 Å². The zero-order chi connectivity index (χ0) is 18.9. The Morgan fingerprint density at radius 3 is 2.70 bits per heavy atom. The number of rotatable bonds is 8. The van der Waals surface area contributed by atoms with Crippen molar-refractivity contribution in [3.05, 3.63) is 59.7 Å². The highest BCUT2D eigenvalue weighted by Crippen LogP contribution is 2.18. The van der Waals surface area contributed by atoms with Crippen molar-refractivity contribution in [2.24, 2.45) is 4.99 Å². The van der Waals surface area contributed by atoms with Gasteiger partial charge in [0, 0.05) is 49.0 Å². The lowest BCUT2D eigenvalue weighted by Crippen LogP contribution is -2.39. The van der Waals surface area contributed by atoms with Gasteiger partial charge in [0.1, 0.15) is 0 Å². The van der Waals surface area contributed by atoms with E-state index in [1.54, 1.807) is 12.1 Å². The van der Waals surface area contributed by atoms with Crippen molar-refractivity contribution in [2.45, 2.75) is 19.9 Å². The minimum atomic E-state index is 0.557. The molecule has 0 saturated carbocycles. The number of halogens is 1. The van der Waals surface area contributed by atoms with Gasteiger partial charge in [0.05, 0.1) is 6.54 Å². The van der Waals surface area contributed by atoms with Gasteiger partial charge in [-0.2, -0.15) is 4.98 Å². The van der Waals surface area contributed by atoms with Crippen molar-refractivity contribution in [2.75, 3.05) is 19.6 Å². The fourth-order valence-electron chi connectivity index (χ4n) is 2.50. The summed E-state index contributed by atoms with van der Waals surface area (Å²) in [6.07, 6.45) is 4.66. The molecule has 0 aliphatic rings. The van der Waals surface area contributed by atoms with E-state index in [4.69, 9.17) is 16.1 Å². The minimum Gasteiger partial charge on any atom is -0.357 e. The summed E-state index contributed by atoms with van der Waals surface area (Å²) in [5.74, 6) is 1.90. The van der Waals surface area contributed by atoms with E-state index < -0.39 is 0 Å². The summed E-state index contributed by atoms with van der Waals surface area (Å²) < 4.78 is 7.43. The minimum absolute atomic E-state index is 0.557. The molecule has 0 bridgehead atoms. The van der Waals surface area contributed by atoms with Crippen LogP contribution in [-0.4, -0.2) is 40.3 Å². The van der Waals surface area contributed by atoms with Gasteiger partial charge in [-0.3, -0.25) is 4.99 Å². The van der Waals surface area contributed by atoms with Crippen LogP contribution in [0.3, 0.4) is 0 Å². The van der Waals surface area contributed by atoms with Gasteiger partial charge in [0.15, 0.2) is 5.96 Å². The molecule has 7 nitrogen and oxygen atoms in total. The molecule has 0 amide bonds. The maximum absolute atomic E-state index is 5.90. The van der Waals surface area contributed by atoms with E-state index in [9.17, 15) is 0 Å². The summed E-state index contributed by atoms with van der Waals surface area (Å²) in [5, 5.41) is 11.3. The Morgan fingerprint density at radius 2 is 1.96 bits per heavy atom. The number of aliphatic imine (C=N–C) groups is 1. The second-order valence-electron chi connectivity index (χ2n) is 5.88. The molecule has 2 N–H and O–H groups in total. The van der Waals surface area contributed by atoms with Gasteiger partial charge in [-0.25, -0.2) is 0 Å². The summed E-state index contributed by atoms with van der Waals surface area (Å²) >= 11 is 5.90. The number of aromatic nitrogens is 3. The SMILES string of the molecule is CCNC(=NCCc1nc(-c2ccc(Cl)cc2)no1)NCCn1cccc1. The molecule has 0 atom stereocenters. The fraction of sp³-hybridized carbons (Fsp3) is 0.316. The first-order valence-corrected chi connectivity index (χ1v) is 9.34. The van der Waals surface area contributed by atoms with Gasteiger partial charge in [-0.1, -0.05) is 16.8 Å². The van der Waals surface area contributed by atoms with Crippen molar-refractivity contribution in [1.82, 2.24) is 25.3 Å². The third kappa shape index (κ3) is 5.86. The predicted molar refractivity (Wildman–Crippen MR) is 107 cm³/mol. The van der Waals surface area contributed by atoms with E-state index in [0.29, 0.717) is 29.7 Å². The van der Waals surface area contributed by atoms with E-state index in [1.807, 2.05) is 43.6 Å². The molecular formula is C19H23ClN6O. The van der Waals surface area contributed by atoms with Crippen LogP contribution in [0.2, 0.25) is 5.02 Å². The molecular weight excluding hydrogens is 364 g/mol. The Labute approximate surface area is 163 Å². The molecule has 0 radical (unpaired) electrons. The van der Waals surface area contributed by atoms with Crippen LogP contribution in [0.4, 0.5) is 0 Å². The van der Waals surface area contributed by atoms with Crippen molar-refractivity contribution in [3.63, 3.8) is 0 Å². The van der Waals surface area contributed by atoms with Crippen molar-refractivity contribution >= 4 is 17.6 Å². The first kappa shape index (κ1) is 19.0. The largest absolute Gasteiger partial charge is 0.357 e. The summed E-state index contributed by atoms with van der Waals surface area (Å²) in [7, 11) is 0. The third-order valence-electron chi connectivity index (χ3n) is 3.84. The zero-order valence-electron chi connectivity index (χ0n) is 15.2. The van der Waals surface area contributed by atoms with Crippen LogP contribution in [0.15, 0.2) is 58.3 Å².